The van der Waals surface area contributed by atoms with E-state index in [0.29, 0.717) is 11.8 Å². The van der Waals surface area contributed by atoms with Crippen LogP contribution in [-0.2, 0) is 4.74 Å². The highest BCUT2D eigenvalue weighted by molar-refractivity contribution is 5.84. The first-order valence-corrected chi connectivity index (χ1v) is 8.28. The summed E-state index contributed by atoms with van der Waals surface area (Å²) in [6.07, 6.45) is 4.13. The Bertz CT molecular complexity index is 635. The van der Waals surface area contributed by atoms with Crippen molar-refractivity contribution in [2.24, 2.45) is 5.92 Å². The Balaban J connectivity index is 2.90. The number of ether oxygens (including phenoxy) is 1. The molecule has 0 amide bonds. The zero-order chi connectivity index (χ0) is 16.6. The average Bonchev–Trinajstić information content (AvgIpc) is 2.44. The van der Waals surface area contributed by atoms with Gasteiger partial charge in [-0.1, -0.05) is 27.7 Å². The minimum absolute atomic E-state index is 0.101. The van der Waals surface area contributed by atoms with E-state index in [9.17, 15) is 0 Å². The van der Waals surface area contributed by atoms with Gasteiger partial charge in [0.15, 0.2) is 0 Å². The third-order valence-electron chi connectivity index (χ3n) is 4.81. The van der Waals surface area contributed by atoms with E-state index in [1.54, 1.807) is 0 Å². The third-order valence-corrected chi connectivity index (χ3v) is 4.81. The number of aromatic nitrogens is 1. The van der Waals surface area contributed by atoms with Crippen molar-refractivity contribution in [1.29, 1.82) is 0 Å². The molecule has 2 heteroatoms. The van der Waals surface area contributed by atoms with Crippen molar-refractivity contribution < 1.29 is 4.74 Å². The first kappa shape index (κ1) is 16.8. The molecule has 2 rings (SSSR count). The maximum absolute atomic E-state index is 6.03. The number of hydrogen-bond donors (Lipinski definition) is 0. The van der Waals surface area contributed by atoms with Crippen LogP contribution in [0.5, 0.6) is 0 Å². The smallest absolute Gasteiger partial charge is 0.116 e. The molecule has 0 saturated heterocycles. The third kappa shape index (κ3) is 2.84. The van der Waals surface area contributed by atoms with Crippen molar-refractivity contribution in [3.05, 3.63) is 40.4 Å². The van der Waals surface area contributed by atoms with E-state index in [-0.39, 0.29) is 6.10 Å². The molecule has 0 bridgehead atoms. The zero-order valence-corrected chi connectivity index (χ0v) is 15.2. The van der Waals surface area contributed by atoms with Crippen molar-refractivity contribution in [3.63, 3.8) is 0 Å². The van der Waals surface area contributed by atoms with Crippen LogP contribution in [0.25, 0.3) is 11.1 Å². The molecule has 0 spiro atoms. The highest BCUT2D eigenvalue weighted by Gasteiger charge is 2.25. The number of nitrogens with zero attached hydrogens (tertiary/aromatic N) is 1. The molecule has 0 saturated carbocycles. The second-order valence-electron chi connectivity index (χ2n) is 7.02. The molecule has 0 fully saturated rings. The minimum atomic E-state index is 0.101. The molecule has 1 aromatic heterocycles. The maximum atomic E-state index is 6.03. The molecule has 2 heterocycles. The van der Waals surface area contributed by atoms with Gasteiger partial charge in [-0.15, -0.1) is 0 Å². The number of fused-ring (bicyclic) bond motifs is 1. The van der Waals surface area contributed by atoms with Gasteiger partial charge >= 0.3 is 0 Å². The summed E-state index contributed by atoms with van der Waals surface area (Å²) in [6, 6.07) is 0. The predicted molar refractivity (Wildman–Crippen MR) is 94.7 cm³/mol. The molecular weight excluding hydrogens is 270 g/mol. The van der Waals surface area contributed by atoms with Gasteiger partial charge in [-0.25, -0.2) is 0 Å². The van der Waals surface area contributed by atoms with Gasteiger partial charge in [0.1, 0.15) is 6.10 Å². The summed E-state index contributed by atoms with van der Waals surface area (Å²) in [6.45, 7) is 17.5. The van der Waals surface area contributed by atoms with Crippen LogP contribution < -0.4 is 0 Å². The lowest BCUT2D eigenvalue weighted by molar-refractivity contribution is 0.193. The SMILES string of the molecule is C/C1=C(\C)[C@H](C)O/C=C(/C(C)C)c2c(C(C)C)cnc(C)c21. The molecule has 0 aliphatic carbocycles. The molecule has 0 N–H and O–H groups in total. The van der Waals surface area contributed by atoms with E-state index >= 15 is 0 Å². The molecule has 0 unspecified atom stereocenters. The van der Waals surface area contributed by atoms with Crippen LogP contribution >= 0.6 is 0 Å². The van der Waals surface area contributed by atoms with Gasteiger partial charge in [-0.2, -0.15) is 0 Å². The van der Waals surface area contributed by atoms with Crippen LogP contribution in [0.4, 0.5) is 0 Å². The molecule has 120 valence electrons. The first-order chi connectivity index (χ1) is 10.3. The number of aryl methyl sites for hydroxylation is 1. The summed E-state index contributed by atoms with van der Waals surface area (Å²) in [7, 11) is 0. The first-order valence-electron chi connectivity index (χ1n) is 8.28. The van der Waals surface area contributed by atoms with E-state index < -0.39 is 0 Å². The van der Waals surface area contributed by atoms with Gasteiger partial charge in [-0.05, 0) is 67.4 Å². The molecule has 22 heavy (non-hydrogen) atoms. The number of rotatable bonds is 2. The highest BCUT2D eigenvalue weighted by Crippen LogP contribution is 2.40. The number of hydrogen-bond acceptors (Lipinski definition) is 2. The second-order valence-corrected chi connectivity index (χ2v) is 7.02. The van der Waals surface area contributed by atoms with Gasteiger partial charge in [0, 0.05) is 17.5 Å². The summed E-state index contributed by atoms with van der Waals surface area (Å²) in [5, 5.41) is 0. The normalized spacial score (nSPS) is 24.5. The Morgan fingerprint density at radius 3 is 2.18 bits per heavy atom. The van der Waals surface area contributed by atoms with Gasteiger partial charge in [-0.3, -0.25) is 4.98 Å². The van der Waals surface area contributed by atoms with Crippen LogP contribution in [0.3, 0.4) is 0 Å². The molecule has 0 aromatic carbocycles. The Morgan fingerprint density at radius 2 is 1.64 bits per heavy atom. The minimum Gasteiger partial charge on any atom is -0.494 e. The lowest BCUT2D eigenvalue weighted by atomic mass is 9.81. The Morgan fingerprint density at radius 1 is 1.00 bits per heavy atom. The van der Waals surface area contributed by atoms with Crippen molar-refractivity contribution in [3.8, 4) is 0 Å². The predicted octanol–water partition coefficient (Wildman–Crippen LogP) is 5.72. The fraction of sp³-hybridized carbons (Fsp3) is 0.550. The fourth-order valence-corrected chi connectivity index (χ4v) is 3.09. The van der Waals surface area contributed by atoms with E-state index in [1.807, 2.05) is 12.5 Å². The van der Waals surface area contributed by atoms with E-state index in [1.165, 1.54) is 33.4 Å². The fourth-order valence-electron chi connectivity index (χ4n) is 3.09. The molecule has 1 aliphatic rings. The summed E-state index contributed by atoms with van der Waals surface area (Å²) >= 11 is 0. The van der Waals surface area contributed by atoms with Gasteiger partial charge in [0.2, 0.25) is 0 Å². The average molecular weight is 299 g/mol. The van der Waals surface area contributed by atoms with Gasteiger partial charge in [0.25, 0.3) is 0 Å². The van der Waals surface area contributed by atoms with Crippen LogP contribution in [0.15, 0.2) is 18.0 Å². The van der Waals surface area contributed by atoms with Crippen molar-refractivity contribution in [1.82, 2.24) is 4.98 Å². The molecule has 1 aliphatic heterocycles. The monoisotopic (exact) mass is 299 g/mol. The topological polar surface area (TPSA) is 22.1 Å². The molecule has 2 nitrogen and oxygen atoms in total. The summed E-state index contributed by atoms with van der Waals surface area (Å²) < 4.78 is 6.03. The largest absolute Gasteiger partial charge is 0.494 e. The van der Waals surface area contributed by atoms with Crippen LogP contribution in [0.1, 0.15) is 76.8 Å². The molecule has 0 radical (unpaired) electrons. The van der Waals surface area contributed by atoms with Crippen molar-refractivity contribution in [2.45, 2.75) is 67.4 Å². The lowest BCUT2D eigenvalue weighted by Crippen LogP contribution is -2.15. The maximum Gasteiger partial charge on any atom is 0.116 e. The van der Waals surface area contributed by atoms with Crippen LogP contribution in [0.2, 0.25) is 0 Å². The Kier molecular flexibility index (Phi) is 4.79. The zero-order valence-electron chi connectivity index (χ0n) is 15.2. The summed E-state index contributed by atoms with van der Waals surface area (Å²) in [5.41, 5.74) is 8.93. The number of allylic oxidation sites excluding steroid dienone is 2. The Hall–Kier alpha value is -1.57. The van der Waals surface area contributed by atoms with Crippen LogP contribution in [0, 0.1) is 12.8 Å². The molecule has 1 atom stereocenters. The molecule has 1 aromatic rings. The standard InChI is InChI=1S/C20H29NO/c1-11(2)17-9-21-15(7)19-14(6)13(5)16(8)22-10-18(12(3)4)20(17)19/h9-12,16H,1-8H3/b14-13-,18-10-/t16-/m0/s1. The lowest BCUT2D eigenvalue weighted by Gasteiger charge is -2.28. The van der Waals surface area contributed by atoms with Gasteiger partial charge in [0.05, 0.1) is 6.26 Å². The van der Waals surface area contributed by atoms with Gasteiger partial charge < -0.3 is 4.74 Å². The highest BCUT2D eigenvalue weighted by atomic mass is 16.5. The van der Waals surface area contributed by atoms with E-state index in [2.05, 4.69) is 60.4 Å². The van der Waals surface area contributed by atoms with Crippen molar-refractivity contribution >= 4 is 11.1 Å². The quantitative estimate of drug-likeness (QED) is 0.696. The van der Waals surface area contributed by atoms with Crippen LogP contribution in [-0.4, -0.2) is 11.1 Å². The van der Waals surface area contributed by atoms with E-state index in [4.69, 9.17) is 4.74 Å². The van der Waals surface area contributed by atoms with E-state index in [0.717, 1.165) is 5.69 Å². The van der Waals surface area contributed by atoms with Crippen molar-refractivity contribution in [2.75, 3.05) is 0 Å². The summed E-state index contributed by atoms with van der Waals surface area (Å²) in [4.78, 5) is 4.69. The Labute approximate surface area is 135 Å². The summed E-state index contributed by atoms with van der Waals surface area (Å²) in [5.74, 6) is 0.852. The number of pyridine rings is 1. The second kappa shape index (κ2) is 6.28. The molecular formula is C20H29NO.